The molecule has 0 bridgehead atoms. The number of rotatable bonds is 4. The quantitative estimate of drug-likeness (QED) is 0.423. The average Bonchev–Trinajstić information content (AvgIpc) is 3.22. The second-order valence-electron chi connectivity index (χ2n) is 8.09. The van der Waals surface area contributed by atoms with Gasteiger partial charge < -0.3 is 5.32 Å². The smallest absolute Gasteiger partial charge is 0.134 e. The molecule has 0 aliphatic carbocycles. The van der Waals surface area contributed by atoms with Crippen molar-refractivity contribution in [1.82, 2.24) is 5.32 Å². The maximum Gasteiger partial charge on any atom is 0.134 e. The second-order valence-corrected chi connectivity index (χ2v) is 8.09. The van der Waals surface area contributed by atoms with Crippen LogP contribution in [0.2, 0.25) is 0 Å². The molecule has 5 rings (SSSR count). The van der Waals surface area contributed by atoms with Gasteiger partial charge in [-0.25, -0.2) is 8.78 Å². The molecule has 0 aromatic heterocycles. The molecule has 2 atom stereocenters. The van der Waals surface area contributed by atoms with E-state index in [2.05, 4.69) is 41.7 Å². The zero-order valence-corrected chi connectivity index (χ0v) is 16.6. The van der Waals surface area contributed by atoms with Gasteiger partial charge in [-0.3, -0.25) is 0 Å². The molecule has 0 amide bonds. The molecule has 1 fully saturated rings. The third-order valence-electron chi connectivity index (χ3n) is 6.26. The monoisotopic (exact) mass is 399 g/mol. The number of hydrogen-bond acceptors (Lipinski definition) is 1. The van der Waals surface area contributed by atoms with Crippen LogP contribution in [0.4, 0.5) is 8.78 Å². The molecule has 30 heavy (non-hydrogen) atoms. The van der Waals surface area contributed by atoms with E-state index < -0.39 is 11.6 Å². The van der Waals surface area contributed by atoms with Crippen molar-refractivity contribution in [3.8, 4) is 11.1 Å². The minimum absolute atomic E-state index is 0.0518. The van der Waals surface area contributed by atoms with Gasteiger partial charge in [-0.2, -0.15) is 0 Å². The summed E-state index contributed by atoms with van der Waals surface area (Å²) in [6, 6.07) is 26.7. The standard InChI is InChI=1S/C27H23F2N/c28-25-14-21(15-26(29)27(25)19-8-2-1-3-9-19)24-17-30-16-22(24)13-20-11-6-10-18-7-4-5-12-23(18)20/h1-12,14-15,22,24,30H,13,16-17H2/t22-,24+/m0/s1. The van der Waals surface area contributed by atoms with Crippen molar-refractivity contribution in [1.29, 1.82) is 0 Å². The molecule has 0 unspecified atom stereocenters. The topological polar surface area (TPSA) is 12.0 Å². The SMILES string of the molecule is Fc1cc([C@H]2CNC[C@@H]2Cc2cccc3ccccc23)cc(F)c1-c1ccccc1. The molecule has 1 heterocycles. The molecule has 0 radical (unpaired) electrons. The van der Waals surface area contributed by atoms with Crippen LogP contribution in [0.1, 0.15) is 17.0 Å². The predicted octanol–water partition coefficient (Wildman–Crippen LogP) is 6.33. The van der Waals surface area contributed by atoms with Crippen molar-refractivity contribution in [2.45, 2.75) is 12.3 Å². The fraction of sp³-hybridized carbons (Fsp3) is 0.185. The predicted molar refractivity (Wildman–Crippen MR) is 119 cm³/mol. The first kappa shape index (κ1) is 19.0. The molecule has 4 aromatic carbocycles. The van der Waals surface area contributed by atoms with Crippen LogP contribution in [0.25, 0.3) is 21.9 Å². The van der Waals surface area contributed by atoms with Crippen molar-refractivity contribution in [3.05, 3.63) is 108 Å². The lowest BCUT2D eigenvalue weighted by Gasteiger charge is -2.21. The summed E-state index contributed by atoms with van der Waals surface area (Å²) in [4.78, 5) is 0. The van der Waals surface area contributed by atoms with Crippen LogP contribution in [-0.4, -0.2) is 13.1 Å². The van der Waals surface area contributed by atoms with Gasteiger partial charge in [0.25, 0.3) is 0 Å². The summed E-state index contributed by atoms with van der Waals surface area (Å²) >= 11 is 0. The Bertz CT molecular complexity index is 1160. The minimum atomic E-state index is -0.494. The molecular weight excluding hydrogens is 376 g/mol. The maximum atomic E-state index is 15.0. The van der Waals surface area contributed by atoms with Gasteiger partial charge in [-0.1, -0.05) is 72.8 Å². The molecule has 4 aromatic rings. The van der Waals surface area contributed by atoms with E-state index >= 15 is 0 Å². The van der Waals surface area contributed by atoms with Gasteiger partial charge in [-0.15, -0.1) is 0 Å². The molecule has 3 heteroatoms. The van der Waals surface area contributed by atoms with Gasteiger partial charge in [0.1, 0.15) is 11.6 Å². The molecule has 150 valence electrons. The number of benzene rings is 4. The minimum Gasteiger partial charge on any atom is -0.316 e. The zero-order chi connectivity index (χ0) is 20.5. The van der Waals surface area contributed by atoms with Crippen molar-refractivity contribution in [2.24, 2.45) is 5.92 Å². The van der Waals surface area contributed by atoms with E-state index in [4.69, 9.17) is 0 Å². The van der Waals surface area contributed by atoms with Crippen LogP contribution in [0.5, 0.6) is 0 Å². The van der Waals surface area contributed by atoms with Gasteiger partial charge in [0, 0.05) is 12.5 Å². The average molecular weight is 399 g/mol. The lowest BCUT2D eigenvalue weighted by Crippen LogP contribution is -2.15. The van der Waals surface area contributed by atoms with E-state index in [-0.39, 0.29) is 17.4 Å². The van der Waals surface area contributed by atoms with E-state index in [1.165, 1.54) is 28.5 Å². The van der Waals surface area contributed by atoms with Gasteiger partial charge in [0.15, 0.2) is 0 Å². The van der Waals surface area contributed by atoms with Crippen LogP contribution < -0.4 is 5.32 Å². The zero-order valence-electron chi connectivity index (χ0n) is 16.6. The summed E-state index contributed by atoms with van der Waals surface area (Å²) < 4.78 is 29.9. The Kier molecular flexibility index (Phi) is 5.06. The van der Waals surface area contributed by atoms with E-state index in [1.807, 2.05) is 12.1 Å². The van der Waals surface area contributed by atoms with Crippen molar-refractivity contribution in [2.75, 3.05) is 13.1 Å². The fourth-order valence-electron chi connectivity index (χ4n) is 4.78. The molecule has 1 N–H and O–H groups in total. The first-order chi connectivity index (χ1) is 14.7. The van der Waals surface area contributed by atoms with Gasteiger partial charge >= 0.3 is 0 Å². The van der Waals surface area contributed by atoms with Gasteiger partial charge in [0.2, 0.25) is 0 Å². The Hall–Kier alpha value is -3.04. The summed E-state index contributed by atoms with van der Waals surface area (Å²) in [5.74, 6) is -0.617. The van der Waals surface area contributed by atoms with E-state index in [0.29, 0.717) is 5.56 Å². The highest BCUT2D eigenvalue weighted by Gasteiger charge is 2.30. The largest absolute Gasteiger partial charge is 0.316 e. The second kappa shape index (κ2) is 8.00. The maximum absolute atomic E-state index is 15.0. The summed E-state index contributed by atoms with van der Waals surface area (Å²) in [6.07, 6.45) is 0.878. The third-order valence-corrected chi connectivity index (χ3v) is 6.26. The highest BCUT2D eigenvalue weighted by Crippen LogP contribution is 2.36. The summed E-state index contributed by atoms with van der Waals surface area (Å²) in [5.41, 5.74) is 2.64. The first-order valence-corrected chi connectivity index (χ1v) is 10.4. The Labute approximate surface area is 175 Å². The molecule has 1 saturated heterocycles. The lowest BCUT2D eigenvalue weighted by molar-refractivity contribution is 0.509. The highest BCUT2D eigenvalue weighted by molar-refractivity contribution is 5.85. The third kappa shape index (κ3) is 3.50. The molecule has 1 nitrogen and oxygen atoms in total. The lowest BCUT2D eigenvalue weighted by atomic mass is 9.83. The molecule has 1 aliphatic rings. The Morgan fingerprint density at radius 3 is 2.27 bits per heavy atom. The molecule has 1 aliphatic heterocycles. The van der Waals surface area contributed by atoms with Crippen LogP contribution in [0.3, 0.4) is 0 Å². The first-order valence-electron chi connectivity index (χ1n) is 10.4. The summed E-state index contributed by atoms with van der Waals surface area (Å²) in [5, 5.41) is 5.91. The summed E-state index contributed by atoms with van der Waals surface area (Å²) in [6.45, 7) is 1.58. The fourth-order valence-corrected chi connectivity index (χ4v) is 4.78. The highest BCUT2D eigenvalue weighted by atomic mass is 19.1. The van der Waals surface area contributed by atoms with E-state index in [1.54, 1.807) is 24.3 Å². The van der Waals surface area contributed by atoms with E-state index in [9.17, 15) is 8.78 Å². The number of nitrogens with one attached hydrogen (secondary N) is 1. The van der Waals surface area contributed by atoms with Gasteiger partial charge in [-0.05, 0) is 58.5 Å². The summed E-state index contributed by atoms with van der Waals surface area (Å²) in [7, 11) is 0. The van der Waals surface area contributed by atoms with Crippen LogP contribution >= 0.6 is 0 Å². The van der Waals surface area contributed by atoms with Crippen molar-refractivity contribution >= 4 is 10.8 Å². The van der Waals surface area contributed by atoms with Crippen LogP contribution in [-0.2, 0) is 6.42 Å². The number of hydrogen-bond donors (Lipinski definition) is 1. The van der Waals surface area contributed by atoms with Crippen LogP contribution in [0.15, 0.2) is 84.9 Å². The van der Waals surface area contributed by atoms with Crippen LogP contribution in [0, 0.1) is 17.6 Å². The Morgan fingerprint density at radius 2 is 1.47 bits per heavy atom. The normalized spacial score (nSPS) is 18.7. The Morgan fingerprint density at radius 1 is 0.767 bits per heavy atom. The molecular formula is C27H23F2N. The number of halogens is 2. The molecule has 0 saturated carbocycles. The van der Waals surface area contributed by atoms with Crippen molar-refractivity contribution < 1.29 is 8.78 Å². The Balaban J connectivity index is 1.47. The van der Waals surface area contributed by atoms with E-state index in [0.717, 1.165) is 25.1 Å². The molecule has 0 spiro atoms. The number of fused-ring (bicyclic) bond motifs is 1. The van der Waals surface area contributed by atoms with Gasteiger partial charge in [0.05, 0.1) is 5.56 Å². The van der Waals surface area contributed by atoms with Crippen molar-refractivity contribution in [3.63, 3.8) is 0 Å².